The number of nitrogens with zero attached hydrogens (tertiary/aromatic N) is 1. The van der Waals surface area contributed by atoms with Gasteiger partial charge in [0.2, 0.25) is 10.0 Å². The molecule has 1 saturated carbocycles. The van der Waals surface area contributed by atoms with E-state index in [0.29, 0.717) is 6.54 Å². The van der Waals surface area contributed by atoms with E-state index < -0.39 is 15.8 Å². The molecule has 1 heterocycles. The number of thiophene rings is 1. The van der Waals surface area contributed by atoms with Crippen LogP contribution in [0.1, 0.15) is 18.4 Å². The second-order valence-corrected chi connectivity index (χ2v) is 7.73. The van der Waals surface area contributed by atoms with Crippen LogP contribution in [0.5, 0.6) is 0 Å². The highest BCUT2D eigenvalue weighted by molar-refractivity contribution is 7.89. The van der Waals surface area contributed by atoms with Crippen LogP contribution in [-0.2, 0) is 16.6 Å². The highest BCUT2D eigenvalue weighted by Gasteiger charge is 2.39. The Morgan fingerprint density at radius 2 is 2.10 bits per heavy atom. The van der Waals surface area contributed by atoms with Gasteiger partial charge in [0.1, 0.15) is 10.7 Å². The molecule has 3 rings (SSSR count). The van der Waals surface area contributed by atoms with Crippen molar-refractivity contribution in [1.82, 2.24) is 4.31 Å². The predicted octanol–water partition coefficient (Wildman–Crippen LogP) is 2.82. The Bertz CT molecular complexity index is 740. The number of hydrogen-bond donors (Lipinski definition) is 1. The first kappa shape index (κ1) is 14.5. The molecule has 1 aliphatic carbocycles. The number of rotatable bonds is 5. The molecule has 1 aliphatic rings. The van der Waals surface area contributed by atoms with E-state index in [1.807, 2.05) is 16.8 Å². The molecule has 1 aromatic heterocycles. The maximum absolute atomic E-state index is 13.4. The average Bonchev–Trinajstić information content (AvgIpc) is 3.14. The molecule has 4 nitrogen and oxygen atoms in total. The lowest BCUT2D eigenvalue weighted by molar-refractivity contribution is 0.399. The summed E-state index contributed by atoms with van der Waals surface area (Å²) < 4.78 is 40.4. The Morgan fingerprint density at radius 3 is 2.71 bits per heavy atom. The van der Waals surface area contributed by atoms with E-state index in [4.69, 9.17) is 5.73 Å². The maximum atomic E-state index is 13.4. The van der Waals surface area contributed by atoms with Gasteiger partial charge in [-0.25, -0.2) is 12.8 Å². The second kappa shape index (κ2) is 5.40. The number of benzene rings is 1. The standard InChI is InChI=1S/C14H15FN2O2S2/c15-11-1-4-13(16)14(7-11)21(18,19)17(12-2-3-12)8-10-5-6-20-9-10/h1,4-7,9,12H,2-3,8,16H2. The SMILES string of the molecule is Nc1ccc(F)cc1S(=O)(=O)N(Cc1ccsc1)C1CC1. The van der Waals surface area contributed by atoms with Crippen LogP contribution in [0, 0.1) is 5.82 Å². The minimum absolute atomic E-state index is 0.0161. The van der Waals surface area contributed by atoms with Gasteiger partial charge in [0.05, 0.1) is 5.69 Å². The first-order valence-electron chi connectivity index (χ1n) is 6.56. The molecule has 0 unspecified atom stereocenters. The molecule has 0 bridgehead atoms. The molecule has 112 valence electrons. The molecule has 0 amide bonds. The Labute approximate surface area is 127 Å². The third-order valence-electron chi connectivity index (χ3n) is 3.43. The van der Waals surface area contributed by atoms with Crippen molar-refractivity contribution in [3.8, 4) is 0 Å². The quantitative estimate of drug-likeness (QED) is 0.859. The van der Waals surface area contributed by atoms with Gasteiger partial charge >= 0.3 is 0 Å². The van der Waals surface area contributed by atoms with Crippen LogP contribution in [0.15, 0.2) is 39.9 Å². The van der Waals surface area contributed by atoms with Gasteiger partial charge in [-0.1, -0.05) is 0 Å². The molecule has 21 heavy (non-hydrogen) atoms. The fourth-order valence-corrected chi connectivity index (χ4v) is 4.66. The van der Waals surface area contributed by atoms with E-state index in [9.17, 15) is 12.8 Å². The zero-order chi connectivity index (χ0) is 15.0. The minimum Gasteiger partial charge on any atom is -0.398 e. The summed E-state index contributed by atoms with van der Waals surface area (Å²) in [5, 5.41) is 3.82. The van der Waals surface area contributed by atoms with Crippen molar-refractivity contribution in [1.29, 1.82) is 0 Å². The smallest absolute Gasteiger partial charge is 0.245 e. The van der Waals surface area contributed by atoms with Crippen LogP contribution in [0.4, 0.5) is 10.1 Å². The van der Waals surface area contributed by atoms with Gasteiger partial charge in [-0.3, -0.25) is 0 Å². The van der Waals surface area contributed by atoms with Crippen molar-refractivity contribution in [2.45, 2.75) is 30.3 Å². The number of nitrogen functional groups attached to an aromatic ring is 1. The van der Waals surface area contributed by atoms with Gasteiger partial charge in [-0.05, 0) is 53.4 Å². The topological polar surface area (TPSA) is 63.4 Å². The molecule has 2 aromatic rings. The number of nitrogens with two attached hydrogens (primary N) is 1. The summed E-state index contributed by atoms with van der Waals surface area (Å²) in [5.41, 5.74) is 6.75. The lowest BCUT2D eigenvalue weighted by Crippen LogP contribution is -2.33. The lowest BCUT2D eigenvalue weighted by atomic mass is 10.3. The van der Waals surface area contributed by atoms with Gasteiger partial charge in [-0.15, -0.1) is 0 Å². The summed E-state index contributed by atoms with van der Waals surface area (Å²) in [6.45, 7) is 0.298. The Kier molecular flexibility index (Phi) is 3.73. The van der Waals surface area contributed by atoms with Crippen LogP contribution in [0.25, 0.3) is 0 Å². The van der Waals surface area contributed by atoms with Crippen molar-refractivity contribution < 1.29 is 12.8 Å². The molecule has 0 atom stereocenters. The van der Waals surface area contributed by atoms with E-state index in [2.05, 4.69) is 0 Å². The van der Waals surface area contributed by atoms with Crippen molar-refractivity contribution in [3.63, 3.8) is 0 Å². The monoisotopic (exact) mass is 326 g/mol. The molecule has 0 saturated heterocycles. The van der Waals surface area contributed by atoms with E-state index in [1.165, 1.54) is 21.7 Å². The summed E-state index contributed by atoms with van der Waals surface area (Å²) in [6.07, 6.45) is 1.66. The maximum Gasteiger partial charge on any atom is 0.245 e. The zero-order valence-corrected chi connectivity index (χ0v) is 12.8. The molecule has 7 heteroatoms. The molecule has 0 radical (unpaired) electrons. The predicted molar refractivity (Wildman–Crippen MR) is 80.9 cm³/mol. The Hall–Kier alpha value is -1.44. The van der Waals surface area contributed by atoms with Gasteiger partial charge in [0.15, 0.2) is 0 Å². The lowest BCUT2D eigenvalue weighted by Gasteiger charge is -2.22. The Balaban J connectivity index is 1.99. The number of halogens is 1. The van der Waals surface area contributed by atoms with Gasteiger partial charge in [-0.2, -0.15) is 15.6 Å². The second-order valence-electron chi connectivity index (χ2n) is 5.10. The molecule has 0 aliphatic heterocycles. The molecular formula is C14H15FN2O2S2. The Morgan fingerprint density at radius 1 is 1.33 bits per heavy atom. The van der Waals surface area contributed by atoms with E-state index in [0.717, 1.165) is 30.5 Å². The third-order valence-corrected chi connectivity index (χ3v) is 6.12. The number of anilines is 1. The molecule has 2 N–H and O–H groups in total. The fraction of sp³-hybridized carbons (Fsp3) is 0.286. The molecule has 1 aromatic carbocycles. The molecule has 0 spiro atoms. The van der Waals surface area contributed by atoms with Crippen LogP contribution >= 0.6 is 11.3 Å². The summed E-state index contributed by atoms with van der Waals surface area (Å²) in [6, 6.07) is 5.32. The van der Waals surface area contributed by atoms with Crippen molar-refractivity contribution in [3.05, 3.63) is 46.4 Å². The summed E-state index contributed by atoms with van der Waals surface area (Å²) in [7, 11) is -3.79. The summed E-state index contributed by atoms with van der Waals surface area (Å²) in [5.74, 6) is -0.603. The summed E-state index contributed by atoms with van der Waals surface area (Å²) in [4.78, 5) is -0.148. The number of hydrogen-bond acceptors (Lipinski definition) is 4. The average molecular weight is 326 g/mol. The van der Waals surface area contributed by atoms with E-state index in [-0.39, 0.29) is 16.6 Å². The highest BCUT2D eigenvalue weighted by Crippen LogP contribution is 2.35. The zero-order valence-electron chi connectivity index (χ0n) is 11.2. The van der Waals surface area contributed by atoms with Crippen molar-refractivity contribution in [2.24, 2.45) is 0 Å². The first-order valence-corrected chi connectivity index (χ1v) is 8.95. The first-order chi connectivity index (χ1) is 9.98. The third kappa shape index (κ3) is 2.95. The van der Waals surface area contributed by atoms with Gasteiger partial charge < -0.3 is 5.73 Å². The van der Waals surface area contributed by atoms with Crippen molar-refractivity contribution in [2.75, 3.05) is 5.73 Å². The van der Waals surface area contributed by atoms with E-state index >= 15 is 0 Å². The summed E-state index contributed by atoms with van der Waals surface area (Å²) >= 11 is 1.52. The van der Waals surface area contributed by atoms with Crippen LogP contribution in [-0.4, -0.2) is 18.8 Å². The van der Waals surface area contributed by atoms with Crippen LogP contribution in [0.3, 0.4) is 0 Å². The van der Waals surface area contributed by atoms with Gasteiger partial charge in [0.25, 0.3) is 0 Å². The highest BCUT2D eigenvalue weighted by atomic mass is 32.2. The number of sulfonamides is 1. The minimum atomic E-state index is -3.79. The van der Waals surface area contributed by atoms with E-state index in [1.54, 1.807) is 0 Å². The van der Waals surface area contributed by atoms with Crippen LogP contribution < -0.4 is 5.73 Å². The van der Waals surface area contributed by atoms with Crippen molar-refractivity contribution >= 4 is 27.0 Å². The molecular weight excluding hydrogens is 311 g/mol. The normalized spacial score (nSPS) is 15.5. The fourth-order valence-electron chi connectivity index (χ4n) is 2.19. The largest absolute Gasteiger partial charge is 0.398 e. The molecule has 1 fully saturated rings. The van der Waals surface area contributed by atoms with Crippen LogP contribution in [0.2, 0.25) is 0 Å². The van der Waals surface area contributed by atoms with Gasteiger partial charge in [0, 0.05) is 12.6 Å².